The molecule has 0 aliphatic heterocycles. The van der Waals surface area contributed by atoms with Gasteiger partial charge in [0.1, 0.15) is 21.3 Å². The van der Waals surface area contributed by atoms with Gasteiger partial charge in [-0.05, 0) is 56.2 Å². The Morgan fingerprint density at radius 1 is 1.25 bits per heavy atom. The maximum atomic E-state index is 13.2. The molecule has 0 saturated heterocycles. The summed E-state index contributed by atoms with van der Waals surface area (Å²) >= 11 is 0. The molecule has 156 valence electrons. The number of halogens is 3. The van der Waals surface area contributed by atoms with Gasteiger partial charge in [-0.3, -0.25) is 0 Å². The van der Waals surface area contributed by atoms with Crippen molar-refractivity contribution in [1.29, 1.82) is 0 Å². The average Bonchev–Trinajstić information content (AvgIpc) is 2.51. The van der Waals surface area contributed by atoms with Gasteiger partial charge in [0.2, 0.25) is 0 Å². The molecule has 8 heteroatoms. The van der Waals surface area contributed by atoms with Gasteiger partial charge in [0.15, 0.2) is 0 Å². The molecule has 1 aliphatic carbocycles. The Labute approximate surface area is 163 Å². The van der Waals surface area contributed by atoms with E-state index in [0.717, 1.165) is 12.3 Å². The molecule has 1 aromatic carbocycles. The highest BCUT2D eigenvalue weighted by molar-refractivity contribution is 7.90. The first-order valence-corrected chi connectivity index (χ1v) is 11.0. The Morgan fingerprint density at radius 3 is 2.29 bits per heavy atom. The van der Waals surface area contributed by atoms with Crippen LogP contribution in [0, 0.1) is 5.92 Å². The largest absolute Gasteiger partial charge is 0.507 e. The van der Waals surface area contributed by atoms with Gasteiger partial charge >= 0.3 is 6.18 Å². The fraction of sp³-hybridized carbons (Fsp3) is 0.500. The molecule has 0 unspecified atom stereocenters. The van der Waals surface area contributed by atoms with Crippen molar-refractivity contribution in [3.05, 3.63) is 47.1 Å². The first-order chi connectivity index (χ1) is 12.8. The molecule has 2 N–H and O–H groups in total. The van der Waals surface area contributed by atoms with E-state index in [4.69, 9.17) is 0 Å². The zero-order valence-electron chi connectivity index (χ0n) is 15.9. The summed E-state index contributed by atoms with van der Waals surface area (Å²) in [6.07, 6.45) is -1.56. The molecular weight excluding hydrogens is 393 g/mol. The molecular formula is C20H25F3O4S. The Balaban J connectivity index is 2.39. The summed E-state index contributed by atoms with van der Waals surface area (Å²) in [5.41, 5.74) is 0.566. The Bertz CT molecular complexity index is 862. The van der Waals surface area contributed by atoms with Gasteiger partial charge < -0.3 is 10.2 Å². The highest BCUT2D eigenvalue weighted by Crippen LogP contribution is 2.48. The number of aromatic hydroxyl groups is 2. The van der Waals surface area contributed by atoms with E-state index < -0.39 is 27.5 Å². The van der Waals surface area contributed by atoms with Gasteiger partial charge in [-0.25, -0.2) is 8.42 Å². The third-order valence-corrected chi connectivity index (χ3v) is 6.08. The first-order valence-electron chi connectivity index (χ1n) is 8.95. The lowest BCUT2D eigenvalue weighted by molar-refractivity contribution is -0.0957. The van der Waals surface area contributed by atoms with E-state index in [0.29, 0.717) is 24.0 Å². The van der Waals surface area contributed by atoms with E-state index in [9.17, 15) is 31.8 Å². The van der Waals surface area contributed by atoms with Crippen LogP contribution >= 0.6 is 0 Å². The second-order valence-corrected chi connectivity index (χ2v) is 9.75. The van der Waals surface area contributed by atoms with E-state index in [1.54, 1.807) is 6.92 Å². The fourth-order valence-corrected chi connectivity index (χ4v) is 4.35. The summed E-state index contributed by atoms with van der Waals surface area (Å²) in [6, 6.07) is 2.76. The molecule has 28 heavy (non-hydrogen) atoms. The molecule has 4 nitrogen and oxygen atoms in total. The molecule has 1 aliphatic rings. The van der Waals surface area contributed by atoms with Crippen molar-refractivity contribution in [3.63, 3.8) is 0 Å². The summed E-state index contributed by atoms with van der Waals surface area (Å²) in [4.78, 5) is 0. The minimum atomic E-state index is -4.46. The van der Waals surface area contributed by atoms with E-state index in [1.807, 2.05) is 0 Å². The third kappa shape index (κ3) is 5.53. The Hall–Kier alpha value is -1.96. The highest BCUT2D eigenvalue weighted by Gasteiger charge is 2.40. The predicted octanol–water partition coefficient (Wildman–Crippen LogP) is 4.63. The maximum absolute atomic E-state index is 13.2. The molecule has 0 bridgehead atoms. The lowest BCUT2D eigenvalue weighted by Gasteiger charge is -2.32. The normalized spacial score (nSPS) is 20.7. The number of alkyl halides is 3. The number of phenols is 2. The number of hydrogen-bond donors (Lipinski definition) is 2. The van der Waals surface area contributed by atoms with Crippen molar-refractivity contribution in [2.24, 2.45) is 5.92 Å². The topological polar surface area (TPSA) is 74.6 Å². The molecule has 0 heterocycles. The van der Waals surface area contributed by atoms with Gasteiger partial charge in [0, 0.05) is 23.3 Å². The molecule has 0 amide bonds. The van der Waals surface area contributed by atoms with Gasteiger partial charge in [0.05, 0.1) is 5.75 Å². The number of phenolic OH excluding ortho intramolecular Hbond substituents is 2. The molecule has 1 aromatic rings. The van der Waals surface area contributed by atoms with Gasteiger partial charge in [0.25, 0.3) is 0 Å². The van der Waals surface area contributed by atoms with Crippen LogP contribution in [-0.2, 0) is 16.3 Å². The van der Waals surface area contributed by atoms with Crippen molar-refractivity contribution in [2.75, 3.05) is 12.0 Å². The number of rotatable bonds is 6. The maximum Gasteiger partial charge on any atom is 0.412 e. The number of aryl methyl sites for hydroxylation is 1. The lowest BCUT2D eigenvalue weighted by Crippen LogP contribution is -2.23. The number of benzene rings is 1. The summed E-state index contributed by atoms with van der Waals surface area (Å²) in [5.74, 6) is -1.81. The standard InChI is InChI=1S/C20H25F3O4S/c1-12(2)15-7-6-14(20(21,22)23)11-16(15)19-17(24)9-13(10-18(19)25)5-4-8-28(3,26)27/h9-11,15-16,24-25H,1,4-8H2,2-3H3/t15-,16+/m0/s1. The van der Waals surface area contributed by atoms with Crippen LogP contribution in [0.25, 0.3) is 0 Å². The minimum absolute atomic E-state index is 0.0334. The zero-order valence-corrected chi connectivity index (χ0v) is 16.7. The van der Waals surface area contributed by atoms with Crippen LogP contribution < -0.4 is 0 Å². The van der Waals surface area contributed by atoms with Crippen molar-refractivity contribution in [1.82, 2.24) is 0 Å². The van der Waals surface area contributed by atoms with Crippen LogP contribution in [0.4, 0.5) is 13.2 Å². The van der Waals surface area contributed by atoms with E-state index >= 15 is 0 Å². The van der Waals surface area contributed by atoms with Crippen molar-refractivity contribution in [2.45, 2.75) is 44.7 Å². The van der Waals surface area contributed by atoms with Gasteiger partial charge in [-0.1, -0.05) is 18.2 Å². The smallest absolute Gasteiger partial charge is 0.412 e. The molecule has 0 aromatic heterocycles. The lowest BCUT2D eigenvalue weighted by atomic mass is 9.73. The SMILES string of the molecule is C=C(C)[C@@H]1CCC(C(F)(F)F)=C[C@H]1c1c(O)cc(CCCS(C)(=O)=O)cc1O. The Morgan fingerprint density at radius 2 is 1.82 bits per heavy atom. The summed E-state index contributed by atoms with van der Waals surface area (Å²) in [5, 5.41) is 20.9. The molecule has 0 saturated carbocycles. The molecule has 2 atom stereocenters. The van der Waals surface area contributed by atoms with Crippen LogP contribution in [0.2, 0.25) is 0 Å². The molecule has 2 rings (SSSR count). The van der Waals surface area contributed by atoms with E-state index in [1.165, 1.54) is 12.1 Å². The number of allylic oxidation sites excluding steroid dienone is 3. The monoisotopic (exact) mass is 418 g/mol. The molecule has 0 fully saturated rings. The summed E-state index contributed by atoms with van der Waals surface area (Å²) < 4.78 is 62.0. The molecule has 0 spiro atoms. The quantitative estimate of drug-likeness (QED) is 0.661. The van der Waals surface area contributed by atoms with E-state index in [2.05, 4.69) is 6.58 Å². The second kappa shape index (κ2) is 8.19. The van der Waals surface area contributed by atoms with Crippen LogP contribution in [0.1, 0.15) is 43.2 Å². The van der Waals surface area contributed by atoms with Crippen LogP contribution in [-0.4, -0.2) is 36.8 Å². The third-order valence-electron chi connectivity index (χ3n) is 5.05. The van der Waals surface area contributed by atoms with Crippen LogP contribution in [0.5, 0.6) is 11.5 Å². The highest BCUT2D eigenvalue weighted by atomic mass is 32.2. The van der Waals surface area contributed by atoms with Crippen LogP contribution in [0.3, 0.4) is 0 Å². The predicted molar refractivity (Wildman–Crippen MR) is 102 cm³/mol. The molecule has 0 radical (unpaired) electrons. The first kappa shape index (κ1) is 22.3. The van der Waals surface area contributed by atoms with Crippen molar-refractivity contribution < 1.29 is 31.8 Å². The number of sulfone groups is 1. The van der Waals surface area contributed by atoms with Gasteiger partial charge in [-0.15, -0.1) is 0 Å². The van der Waals surface area contributed by atoms with Gasteiger partial charge in [-0.2, -0.15) is 13.2 Å². The zero-order chi connectivity index (χ0) is 21.3. The van der Waals surface area contributed by atoms with E-state index in [-0.39, 0.29) is 41.6 Å². The second-order valence-electron chi connectivity index (χ2n) is 7.49. The summed E-state index contributed by atoms with van der Waals surface area (Å²) in [7, 11) is -3.13. The average molecular weight is 418 g/mol. The minimum Gasteiger partial charge on any atom is -0.507 e. The van der Waals surface area contributed by atoms with Crippen molar-refractivity contribution in [3.8, 4) is 11.5 Å². The Kier molecular flexibility index (Phi) is 6.53. The van der Waals surface area contributed by atoms with Crippen molar-refractivity contribution >= 4 is 9.84 Å². The number of hydrogen-bond acceptors (Lipinski definition) is 4. The summed E-state index contributed by atoms with van der Waals surface area (Å²) in [6.45, 7) is 5.57. The fourth-order valence-electron chi connectivity index (χ4n) is 3.68. The van der Waals surface area contributed by atoms with Crippen LogP contribution in [0.15, 0.2) is 35.9 Å².